The zero-order chi connectivity index (χ0) is 37.4. The van der Waals surface area contributed by atoms with E-state index in [1.807, 2.05) is 18.2 Å². The van der Waals surface area contributed by atoms with Crippen LogP contribution in [0, 0.1) is 30.6 Å². The topological polar surface area (TPSA) is 143 Å². The zero-order valence-electron chi connectivity index (χ0n) is 30.1. The minimum atomic E-state index is -5.01. The minimum absolute atomic E-state index is 0.0238. The van der Waals surface area contributed by atoms with Crippen LogP contribution >= 0.6 is 0 Å². The Morgan fingerprint density at radius 1 is 0.963 bits per heavy atom. The summed E-state index contributed by atoms with van der Waals surface area (Å²) in [5.41, 5.74) is -2.67. The monoisotopic (exact) mass is 747 g/mol. The fraction of sp³-hybridized carbons (Fsp3) is 0.590. The van der Waals surface area contributed by atoms with Crippen LogP contribution in [0.4, 0.5) is 30.8 Å². The largest absolute Gasteiger partial charge is 0.490 e. The maximum absolute atomic E-state index is 15.0. The SMILES string of the molecule is Cc1nc(N2CC3(CCOCC3)c3cc(OC4CCN(c5ncccn5)CC4)ccc32)nc(C(F)(F)F)c1C(=O)NC1(C(=O)O)C2CC3CC(C2)CC1C3. The first-order chi connectivity index (χ1) is 25.9. The molecule has 54 heavy (non-hydrogen) atoms. The number of carbonyl (C=O) groups is 2. The number of hydrogen-bond acceptors (Lipinski definition) is 10. The van der Waals surface area contributed by atoms with Gasteiger partial charge in [-0.2, -0.15) is 13.2 Å². The molecular formula is C39H44F3N7O5. The summed E-state index contributed by atoms with van der Waals surface area (Å²) in [4.78, 5) is 48.1. The van der Waals surface area contributed by atoms with Gasteiger partial charge in [0.2, 0.25) is 11.9 Å². The second-order valence-corrected chi connectivity index (χ2v) is 16.3. The maximum Gasteiger partial charge on any atom is 0.434 e. The normalized spacial score (nSPS) is 28.7. The number of carboxylic acid groups (broad SMARTS) is 1. The number of ether oxygens (including phenoxy) is 2. The van der Waals surface area contributed by atoms with E-state index in [0.29, 0.717) is 87.5 Å². The Morgan fingerprint density at radius 3 is 2.26 bits per heavy atom. The van der Waals surface area contributed by atoms with Crippen LogP contribution in [0.5, 0.6) is 5.75 Å². The summed E-state index contributed by atoms with van der Waals surface area (Å²) in [6.07, 6.45) is 4.95. The smallest absolute Gasteiger partial charge is 0.434 e. The predicted molar refractivity (Wildman–Crippen MR) is 190 cm³/mol. The summed E-state index contributed by atoms with van der Waals surface area (Å²) in [6, 6.07) is 7.49. The van der Waals surface area contributed by atoms with Crippen molar-refractivity contribution in [2.75, 3.05) is 42.6 Å². The number of nitrogens with zero attached hydrogens (tertiary/aromatic N) is 6. The molecule has 1 amide bonds. The van der Waals surface area contributed by atoms with Crippen molar-refractivity contribution < 1.29 is 37.3 Å². The van der Waals surface area contributed by atoms with Crippen LogP contribution in [0.2, 0.25) is 0 Å². The Balaban J connectivity index is 1.01. The molecule has 4 aliphatic carbocycles. The lowest BCUT2D eigenvalue weighted by Crippen LogP contribution is -2.70. The van der Waals surface area contributed by atoms with Gasteiger partial charge in [0.15, 0.2) is 5.69 Å². The second-order valence-electron chi connectivity index (χ2n) is 16.3. The number of benzene rings is 1. The molecular weight excluding hydrogens is 703 g/mol. The molecule has 2 aromatic heterocycles. The first-order valence-corrected chi connectivity index (χ1v) is 19.1. The van der Waals surface area contributed by atoms with Crippen LogP contribution in [0.15, 0.2) is 36.7 Å². The number of hydrogen-bond donors (Lipinski definition) is 2. The lowest BCUT2D eigenvalue weighted by molar-refractivity contribution is -0.163. The molecule has 15 heteroatoms. The van der Waals surface area contributed by atoms with Gasteiger partial charge < -0.3 is 29.7 Å². The highest BCUT2D eigenvalue weighted by atomic mass is 19.4. The standard InChI is InChI=1S/C39H44F3N7O5/c1-22-31(33(50)47-38(34(51)52)25-16-23-15-24(18-25)19-26(38)17-23)32(39(40,41)42)46-36(45-22)49-21-37(7-13-53-14-8-37)29-20-28(3-4-30(29)49)54-27-5-11-48(12-6-27)35-43-9-2-10-44-35/h2-4,9-10,20,23-27H,5-8,11-19,21H2,1H3,(H,47,50)(H,51,52). The van der Waals surface area contributed by atoms with Gasteiger partial charge in [-0.15, -0.1) is 0 Å². The van der Waals surface area contributed by atoms with Gasteiger partial charge in [0.05, 0.1) is 11.3 Å². The highest BCUT2D eigenvalue weighted by molar-refractivity contribution is 6.00. The third-order valence-corrected chi connectivity index (χ3v) is 13.2. The summed E-state index contributed by atoms with van der Waals surface area (Å²) >= 11 is 0. The molecule has 0 radical (unpaired) electrons. The van der Waals surface area contributed by atoms with Crippen LogP contribution in [-0.2, 0) is 21.1 Å². The summed E-state index contributed by atoms with van der Waals surface area (Å²) in [5, 5.41) is 13.2. The van der Waals surface area contributed by atoms with E-state index >= 15 is 0 Å². The summed E-state index contributed by atoms with van der Waals surface area (Å²) in [6.45, 7) is 4.20. The number of aromatic nitrogens is 4. The highest BCUT2D eigenvalue weighted by Gasteiger charge is 2.62. The summed E-state index contributed by atoms with van der Waals surface area (Å²) in [7, 11) is 0. The molecule has 5 heterocycles. The van der Waals surface area contributed by atoms with E-state index in [4.69, 9.17) is 9.47 Å². The molecule has 4 saturated carbocycles. The molecule has 2 N–H and O–H groups in total. The zero-order valence-corrected chi connectivity index (χ0v) is 30.1. The van der Waals surface area contributed by atoms with Gasteiger partial charge >= 0.3 is 12.1 Å². The summed E-state index contributed by atoms with van der Waals surface area (Å²) in [5.74, 6) is -0.911. The number of carboxylic acids is 1. The van der Waals surface area contributed by atoms with Gasteiger partial charge in [0, 0.05) is 69.2 Å². The molecule has 3 aromatic rings. The van der Waals surface area contributed by atoms with Crippen molar-refractivity contribution >= 4 is 29.5 Å². The molecule has 6 fully saturated rings. The van der Waals surface area contributed by atoms with Crippen LogP contribution in [0.25, 0.3) is 0 Å². The van der Waals surface area contributed by atoms with E-state index in [0.717, 1.165) is 37.9 Å². The molecule has 286 valence electrons. The van der Waals surface area contributed by atoms with E-state index in [-0.39, 0.29) is 29.6 Å². The molecule has 2 saturated heterocycles. The number of aliphatic carboxylic acids is 1. The number of amides is 1. The number of piperidine rings is 1. The van der Waals surface area contributed by atoms with Crippen molar-refractivity contribution in [3.05, 3.63) is 59.2 Å². The van der Waals surface area contributed by atoms with Crippen molar-refractivity contribution in [1.29, 1.82) is 0 Å². The van der Waals surface area contributed by atoms with Gasteiger partial charge in [-0.25, -0.2) is 24.7 Å². The highest BCUT2D eigenvalue weighted by Crippen LogP contribution is 2.58. The fourth-order valence-corrected chi connectivity index (χ4v) is 10.9. The lowest BCUT2D eigenvalue weighted by Gasteiger charge is -2.59. The van der Waals surface area contributed by atoms with Crippen LogP contribution in [0.1, 0.15) is 85.1 Å². The quantitative estimate of drug-likeness (QED) is 0.301. The molecule has 12 nitrogen and oxygen atoms in total. The Morgan fingerprint density at radius 2 is 1.63 bits per heavy atom. The van der Waals surface area contributed by atoms with Gasteiger partial charge in [0.1, 0.15) is 17.4 Å². The average Bonchev–Trinajstić information content (AvgIpc) is 3.45. The van der Waals surface area contributed by atoms with E-state index < -0.39 is 40.3 Å². The van der Waals surface area contributed by atoms with Gasteiger partial charge in [-0.1, -0.05) is 0 Å². The molecule has 3 aliphatic heterocycles. The molecule has 10 rings (SSSR count). The molecule has 4 bridgehead atoms. The van der Waals surface area contributed by atoms with Crippen LogP contribution < -0.4 is 19.9 Å². The van der Waals surface area contributed by atoms with E-state index in [1.165, 1.54) is 6.92 Å². The van der Waals surface area contributed by atoms with Crippen molar-refractivity contribution in [2.45, 2.75) is 87.9 Å². The fourth-order valence-electron chi connectivity index (χ4n) is 10.9. The van der Waals surface area contributed by atoms with Crippen molar-refractivity contribution in [2.24, 2.45) is 23.7 Å². The Kier molecular flexibility index (Phi) is 8.51. The average molecular weight is 748 g/mol. The minimum Gasteiger partial charge on any atom is -0.490 e. The number of anilines is 3. The second kappa shape index (κ2) is 13.1. The Bertz CT molecular complexity index is 1920. The van der Waals surface area contributed by atoms with E-state index in [1.54, 1.807) is 23.4 Å². The first kappa shape index (κ1) is 35.2. The van der Waals surface area contributed by atoms with Crippen molar-refractivity contribution in [1.82, 2.24) is 25.3 Å². The Labute approximate surface area is 310 Å². The molecule has 1 spiro atoms. The maximum atomic E-state index is 15.0. The first-order valence-electron chi connectivity index (χ1n) is 19.1. The summed E-state index contributed by atoms with van der Waals surface area (Å²) < 4.78 is 57.1. The number of halogens is 3. The number of alkyl halides is 3. The van der Waals surface area contributed by atoms with Crippen molar-refractivity contribution in [3.8, 4) is 5.75 Å². The van der Waals surface area contributed by atoms with Gasteiger partial charge in [-0.05, 0) is 105 Å². The third kappa shape index (κ3) is 5.84. The number of rotatable bonds is 7. The number of aryl methyl sites for hydroxylation is 1. The van der Waals surface area contributed by atoms with Crippen LogP contribution in [-0.4, -0.2) is 81.4 Å². The third-order valence-electron chi connectivity index (χ3n) is 13.2. The van der Waals surface area contributed by atoms with E-state index in [2.05, 4.69) is 30.2 Å². The predicted octanol–water partition coefficient (Wildman–Crippen LogP) is 5.85. The number of fused-ring (bicyclic) bond motifs is 2. The molecule has 1 aromatic carbocycles. The number of nitrogens with one attached hydrogen (secondary N) is 1. The molecule has 7 aliphatic rings. The van der Waals surface area contributed by atoms with Crippen molar-refractivity contribution in [3.63, 3.8) is 0 Å². The lowest BCUT2D eigenvalue weighted by atomic mass is 9.48. The molecule has 0 atom stereocenters. The van der Waals surface area contributed by atoms with Gasteiger partial charge in [-0.3, -0.25) is 4.79 Å². The Hall–Kier alpha value is -4.53. The van der Waals surface area contributed by atoms with E-state index in [9.17, 15) is 27.9 Å². The van der Waals surface area contributed by atoms with Gasteiger partial charge in [0.25, 0.3) is 5.91 Å². The number of carbonyl (C=O) groups excluding carboxylic acids is 1. The van der Waals surface area contributed by atoms with Crippen LogP contribution in [0.3, 0.4) is 0 Å². The molecule has 0 unspecified atom stereocenters.